The molecule has 1 saturated heterocycles. The molecule has 0 radical (unpaired) electrons. The van der Waals surface area contributed by atoms with E-state index in [1.807, 2.05) is 0 Å². The average Bonchev–Trinajstić information content (AvgIpc) is 2.62. The number of amides is 1. The molecular formula is C10H20N2O2. The van der Waals surface area contributed by atoms with Crippen LogP contribution in [0.4, 0.5) is 4.79 Å². The molecule has 1 aliphatic rings. The SMILES string of the molecule is CCN(CC)CC1CCN(C(=O)O)C1. The largest absolute Gasteiger partial charge is 0.465 e. The van der Waals surface area contributed by atoms with Gasteiger partial charge in [-0.3, -0.25) is 0 Å². The summed E-state index contributed by atoms with van der Waals surface area (Å²) in [6.07, 6.45) is 0.245. The summed E-state index contributed by atoms with van der Waals surface area (Å²) in [4.78, 5) is 14.6. The summed E-state index contributed by atoms with van der Waals surface area (Å²) >= 11 is 0. The molecule has 0 aromatic rings. The van der Waals surface area contributed by atoms with E-state index in [0.717, 1.165) is 26.1 Å². The smallest absolute Gasteiger partial charge is 0.407 e. The lowest BCUT2D eigenvalue weighted by Gasteiger charge is -2.22. The van der Waals surface area contributed by atoms with Crippen LogP contribution in [0.1, 0.15) is 20.3 Å². The van der Waals surface area contributed by atoms with E-state index in [4.69, 9.17) is 5.11 Å². The standard InChI is InChI=1S/C10H20N2O2/c1-3-11(4-2)7-9-5-6-12(8-9)10(13)14/h9H,3-8H2,1-2H3,(H,13,14). The maximum Gasteiger partial charge on any atom is 0.407 e. The van der Waals surface area contributed by atoms with Crippen molar-refractivity contribution in [2.75, 3.05) is 32.7 Å². The van der Waals surface area contributed by atoms with E-state index in [2.05, 4.69) is 18.7 Å². The first-order valence-corrected chi connectivity index (χ1v) is 5.37. The van der Waals surface area contributed by atoms with Gasteiger partial charge in [-0.15, -0.1) is 0 Å². The minimum Gasteiger partial charge on any atom is -0.465 e. The van der Waals surface area contributed by atoms with Crippen molar-refractivity contribution in [3.8, 4) is 0 Å². The molecule has 1 unspecified atom stereocenters. The molecule has 0 bridgehead atoms. The summed E-state index contributed by atoms with van der Waals surface area (Å²) in [7, 11) is 0. The van der Waals surface area contributed by atoms with Crippen molar-refractivity contribution in [3.05, 3.63) is 0 Å². The Kier molecular flexibility index (Phi) is 4.20. The fraction of sp³-hybridized carbons (Fsp3) is 0.900. The van der Waals surface area contributed by atoms with Gasteiger partial charge in [0.05, 0.1) is 0 Å². The van der Waals surface area contributed by atoms with Gasteiger partial charge in [0.25, 0.3) is 0 Å². The minimum atomic E-state index is -0.771. The molecule has 1 amide bonds. The van der Waals surface area contributed by atoms with Crippen molar-refractivity contribution in [1.29, 1.82) is 0 Å². The highest BCUT2D eigenvalue weighted by atomic mass is 16.4. The zero-order valence-electron chi connectivity index (χ0n) is 9.07. The third-order valence-corrected chi connectivity index (χ3v) is 2.97. The summed E-state index contributed by atoms with van der Waals surface area (Å²) in [5, 5.41) is 8.79. The van der Waals surface area contributed by atoms with Crippen LogP contribution in [0.3, 0.4) is 0 Å². The zero-order chi connectivity index (χ0) is 10.6. The van der Waals surface area contributed by atoms with E-state index in [9.17, 15) is 4.79 Å². The van der Waals surface area contributed by atoms with Crippen LogP contribution in [-0.2, 0) is 0 Å². The Morgan fingerprint density at radius 1 is 1.50 bits per heavy atom. The molecule has 4 heteroatoms. The maximum atomic E-state index is 10.7. The molecule has 1 atom stereocenters. The predicted molar refractivity (Wildman–Crippen MR) is 55.5 cm³/mol. The second kappa shape index (κ2) is 5.20. The van der Waals surface area contributed by atoms with Gasteiger partial charge in [0.15, 0.2) is 0 Å². The molecule has 14 heavy (non-hydrogen) atoms. The van der Waals surface area contributed by atoms with Crippen LogP contribution in [0.25, 0.3) is 0 Å². The molecule has 0 aliphatic carbocycles. The van der Waals surface area contributed by atoms with Crippen LogP contribution in [0, 0.1) is 5.92 Å². The van der Waals surface area contributed by atoms with E-state index >= 15 is 0 Å². The minimum absolute atomic E-state index is 0.533. The maximum absolute atomic E-state index is 10.7. The number of rotatable bonds is 4. The summed E-state index contributed by atoms with van der Waals surface area (Å²) in [5.41, 5.74) is 0. The Bertz CT molecular complexity index is 193. The number of carbonyl (C=O) groups is 1. The van der Waals surface area contributed by atoms with Gasteiger partial charge in [0, 0.05) is 19.6 Å². The average molecular weight is 200 g/mol. The Morgan fingerprint density at radius 2 is 2.14 bits per heavy atom. The lowest BCUT2D eigenvalue weighted by molar-refractivity contribution is 0.152. The number of likely N-dealkylation sites (tertiary alicyclic amines) is 1. The van der Waals surface area contributed by atoms with Gasteiger partial charge < -0.3 is 14.9 Å². The van der Waals surface area contributed by atoms with Crippen LogP contribution >= 0.6 is 0 Å². The van der Waals surface area contributed by atoms with Crippen LogP contribution in [0.2, 0.25) is 0 Å². The Balaban J connectivity index is 2.31. The monoisotopic (exact) mass is 200 g/mol. The van der Waals surface area contributed by atoms with E-state index in [1.165, 1.54) is 4.90 Å². The van der Waals surface area contributed by atoms with E-state index < -0.39 is 6.09 Å². The van der Waals surface area contributed by atoms with E-state index in [0.29, 0.717) is 19.0 Å². The van der Waals surface area contributed by atoms with Crippen molar-refractivity contribution in [2.45, 2.75) is 20.3 Å². The Labute approximate surface area is 85.5 Å². The normalized spacial score (nSPS) is 21.9. The molecule has 1 fully saturated rings. The number of carboxylic acid groups (broad SMARTS) is 1. The highest BCUT2D eigenvalue weighted by Gasteiger charge is 2.26. The molecule has 82 valence electrons. The molecule has 1 N–H and O–H groups in total. The summed E-state index contributed by atoms with van der Waals surface area (Å²) < 4.78 is 0. The van der Waals surface area contributed by atoms with Gasteiger partial charge in [0.1, 0.15) is 0 Å². The van der Waals surface area contributed by atoms with Crippen LogP contribution in [-0.4, -0.2) is 53.7 Å². The third-order valence-electron chi connectivity index (χ3n) is 2.97. The molecule has 0 saturated carbocycles. The second-order valence-electron chi connectivity index (χ2n) is 3.87. The predicted octanol–water partition coefficient (Wildman–Crippen LogP) is 1.33. The molecule has 0 aromatic carbocycles. The Hall–Kier alpha value is -0.770. The van der Waals surface area contributed by atoms with Gasteiger partial charge in [0.2, 0.25) is 0 Å². The zero-order valence-corrected chi connectivity index (χ0v) is 9.07. The summed E-state index contributed by atoms with van der Waals surface area (Å²) in [6.45, 7) is 8.87. The van der Waals surface area contributed by atoms with Crippen molar-refractivity contribution in [2.24, 2.45) is 5.92 Å². The van der Waals surface area contributed by atoms with Crippen LogP contribution in [0.5, 0.6) is 0 Å². The number of hydrogen-bond donors (Lipinski definition) is 1. The van der Waals surface area contributed by atoms with E-state index in [-0.39, 0.29) is 0 Å². The van der Waals surface area contributed by atoms with Crippen molar-refractivity contribution >= 4 is 6.09 Å². The molecule has 1 rings (SSSR count). The first kappa shape index (κ1) is 11.3. The van der Waals surface area contributed by atoms with Crippen LogP contribution in [0.15, 0.2) is 0 Å². The van der Waals surface area contributed by atoms with Gasteiger partial charge in [-0.1, -0.05) is 13.8 Å². The van der Waals surface area contributed by atoms with Gasteiger partial charge in [-0.25, -0.2) is 4.79 Å². The fourth-order valence-electron chi connectivity index (χ4n) is 2.00. The topological polar surface area (TPSA) is 43.8 Å². The van der Waals surface area contributed by atoms with Crippen molar-refractivity contribution < 1.29 is 9.90 Å². The molecule has 0 aromatic heterocycles. The number of hydrogen-bond acceptors (Lipinski definition) is 2. The highest BCUT2D eigenvalue weighted by Crippen LogP contribution is 2.17. The second-order valence-corrected chi connectivity index (χ2v) is 3.87. The molecule has 1 heterocycles. The van der Waals surface area contributed by atoms with Crippen molar-refractivity contribution in [3.63, 3.8) is 0 Å². The Morgan fingerprint density at radius 3 is 2.57 bits per heavy atom. The third kappa shape index (κ3) is 2.87. The lowest BCUT2D eigenvalue weighted by atomic mass is 10.1. The van der Waals surface area contributed by atoms with Gasteiger partial charge >= 0.3 is 6.09 Å². The molecule has 1 aliphatic heterocycles. The van der Waals surface area contributed by atoms with Crippen molar-refractivity contribution in [1.82, 2.24) is 9.80 Å². The fourth-order valence-corrected chi connectivity index (χ4v) is 2.00. The summed E-state index contributed by atoms with van der Waals surface area (Å²) in [6, 6.07) is 0. The molecule has 4 nitrogen and oxygen atoms in total. The van der Waals surface area contributed by atoms with Gasteiger partial charge in [-0.2, -0.15) is 0 Å². The van der Waals surface area contributed by atoms with Gasteiger partial charge in [-0.05, 0) is 25.4 Å². The lowest BCUT2D eigenvalue weighted by Crippen LogP contribution is -2.32. The first-order chi connectivity index (χ1) is 6.67. The first-order valence-electron chi connectivity index (χ1n) is 5.37. The quantitative estimate of drug-likeness (QED) is 0.744. The van der Waals surface area contributed by atoms with Crippen LogP contribution < -0.4 is 0 Å². The van der Waals surface area contributed by atoms with E-state index in [1.54, 1.807) is 0 Å². The summed E-state index contributed by atoms with van der Waals surface area (Å²) in [5.74, 6) is 0.533. The molecule has 0 spiro atoms. The molecular weight excluding hydrogens is 180 g/mol. The number of nitrogens with zero attached hydrogens (tertiary/aromatic N) is 2. The highest BCUT2D eigenvalue weighted by molar-refractivity contribution is 5.65.